The summed E-state index contributed by atoms with van der Waals surface area (Å²) in [6, 6.07) is 0.645. The van der Waals surface area contributed by atoms with Crippen LogP contribution < -0.4 is 5.32 Å². The molecule has 2 aliphatic rings. The fourth-order valence-corrected chi connectivity index (χ4v) is 4.27. The van der Waals surface area contributed by atoms with Crippen LogP contribution in [0.4, 0.5) is 0 Å². The zero-order valence-corrected chi connectivity index (χ0v) is 16.8. The minimum Gasteiger partial charge on any atom is -0.357 e. The maximum absolute atomic E-state index is 4.87. The summed E-state index contributed by atoms with van der Waals surface area (Å²) in [5.74, 6) is 1.03. The van der Waals surface area contributed by atoms with Gasteiger partial charge >= 0.3 is 0 Å². The van der Waals surface area contributed by atoms with Gasteiger partial charge in [0, 0.05) is 49.6 Å². The summed E-state index contributed by atoms with van der Waals surface area (Å²) in [7, 11) is 0. The number of hydrogen-bond acceptors (Lipinski definition) is 4. The molecule has 1 N–H and O–H groups in total. The third-order valence-corrected chi connectivity index (χ3v) is 5.68. The average Bonchev–Trinajstić information content (AvgIpc) is 3.31. The lowest BCUT2D eigenvalue weighted by molar-refractivity contribution is 0.259. The third kappa shape index (κ3) is 4.61. The van der Waals surface area contributed by atoms with E-state index in [0.717, 1.165) is 49.4 Å². The van der Waals surface area contributed by atoms with Crippen molar-refractivity contribution in [1.29, 1.82) is 0 Å². The van der Waals surface area contributed by atoms with Gasteiger partial charge in [0.25, 0.3) is 0 Å². The summed E-state index contributed by atoms with van der Waals surface area (Å²) in [4.78, 5) is 14.6. The van der Waals surface area contributed by atoms with Crippen LogP contribution in [0.15, 0.2) is 22.5 Å². The predicted octanol–water partition coefficient (Wildman–Crippen LogP) is 2.85. The first-order valence-electron chi connectivity index (χ1n) is 9.34. The van der Waals surface area contributed by atoms with Gasteiger partial charge < -0.3 is 10.2 Å². The molecule has 6 heteroatoms. The Labute approximate surface area is 155 Å². The minimum absolute atomic E-state index is 0.106. The molecule has 1 saturated heterocycles. The van der Waals surface area contributed by atoms with Crippen LogP contribution >= 0.6 is 11.3 Å². The summed E-state index contributed by atoms with van der Waals surface area (Å²) in [6.45, 7) is 14.7. The smallest absolute Gasteiger partial charge is 0.194 e. The molecule has 0 amide bonds. The molecule has 0 bridgehead atoms. The Morgan fingerprint density at radius 3 is 2.76 bits per heavy atom. The van der Waals surface area contributed by atoms with Crippen molar-refractivity contribution < 1.29 is 0 Å². The third-order valence-electron chi connectivity index (χ3n) is 4.84. The van der Waals surface area contributed by atoms with E-state index < -0.39 is 0 Å². The molecule has 25 heavy (non-hydrogen) atoms. The van der Waals surface area contributed by atoms with Crippen LogP contribution in [0.3, 0.4) is 0 Å². The molecule has 1 aromatic rings. The van der Waals surface area contributed by atoms with Crippen molar-refractivity contribution >= 4 is 17.3 Å². The number of thiazole rings is 1. The van der Waals surface area contributed by atoms with Gasteiger partial charge in [-0.15, -0.1) is 11.3 Å². The van der Waals surface area contributed by atoms with Gasteiger partial charge in [0.1, 0.15) is 5.01 Å². The molecule has 138 valence electrons. The van der Waals surface area contributed by atoms with Crippen LogP contribution in [0, 0.1) is 0 Å². The molecule has 3 heterocycles. The van der Waals surface area contributed by atoms with E-state index >= 15 is 0 Å². The molecule has 1 fully saturated rings. The number of aliphatic imine (C=N–C) groups is 1. The van der Waals surface area contributed by atoms with Gasteiger partial charge in [0.15, 0.2) is 5.96 Å². The summed E-state index contributed by atoms with van der Waals surface area (Å²) < 4.78 is 0. The number of aromatic nitrogens is 1. The van der Waals surface area contributed by atoms with Crippen LogP contribution in [0.5, 0.6) is 0 Å². The SMILES string of the molecule is CCNC(=NCc1nc(C(C)(C)C)cs1)N1CCC(N2CC=CC2)C1. The topological polar surface area (TPSA) is 43.8 Å². The van der Waals surface area contributed by atoms with Gasteiger partial charge in [-0.3, -0.25) is 4.90 Å². The van der Waals surface area contributed by atoms with Gasteiger partial charge in [-0.05, 0) is 13.3 Å². The van der Waals surface area contributed by atoms with Crippen molar-refractivity contribution in [3.05, 3.63) is 28.2 Å². The van der Waals surface area contributed by atoms with Crippen LogP contribution in [0.1, 0.15) is 44.8 Å². The zero-order valence-electron chi connectivity index (χ0n) is 16.0. The molecule has 1 atom stereocenters. The summed E-state index contributed by atoms with van der Waals surface area (Å²) in [5, 5.41) is 6.73. The summed E-state index contributed by atoms with van der Waals surface area (Å²) in [6.07, 6.45) is 5.77. The normalized spacial score (nSPS) is 22.2. The van der Waals surface area contributed by atoms with Gasteiger partial charge in [-0.2, -0.15) is 0 Å². The highest BCUT2D eigenvalue weighted by molar-refractivity contribution is 7.09. The summed E-state index contributed by atoms with van der Waals surface area (Å²) in [5.41, 5.74) is 1.27. The van der Waals surface area contributed by atoms with E-state index in [1.54, 1.807) is 11.3 Å². The zero-order chi connectivity index (χ0) is 17.9. The Balaban J connectivity index is 1.62. The highest BCUT2D eigenvalue weighted by Crippen LogP contribution is 2.24. The first-order chi connectivity index (χ1) is 12.0. The van der Waals surface area contributed by atoms with Crippen molar-refractivity contribution in [3.63, 3.8) is 0 Å². The summed E-state index contributed by atoms with van der Waals surface area (Å²) >= 11 is 1.72. The number of likely N-dealkylation sites (tertiary alicyclic amines) is 1. The molecule has 0 aliphatic carbocycles. The lowest BCUT2D eigenvalue weighted by Gasteiger charge is -2.25. The second kappa shape index (κ2) is 7.87. The maximum atomic E-state index is 4.87. The molecular weight excluding hydrogens is 330 g/mol. The Hall–Kier alpha value is -1.40. The molecular formula is C19H31N5S. The van der Waals surface area contributed by atoms with Gasteiger partial charge in [-0.1, -0.05) is 32.9 Å². The van der Waals surface area contributed by atoms with E-state index in [9.17, 15) is 0 Å². The Bertz CT molecular complexity index is 620. The minimum atomic E-state index is 0.106. The molecule has 1 aromatic heterocycles. The molecule has 3 rings (SSSR count). The van der Waals surface area contributed by atoms with Crippen molar-refractivity contribution in [2.45, 2.75) is 52.1 Å². The van der Waals surface area contributed by atoms with Crippen molar-refractivity contribution in [2.75, 3.05) is 32.7 Å². The van der Waals surface area contributed by atoms with E-state index in [2.05, 4.69) is 60.3 Å². The monoisotopic (exact) mass is 361 g/mol. The second-order valence-electron chi connectivity index (χ2n) is 7.86. The lowest BCUT2D eigenvalue weighted by Crippen LogP contribution is -2.42. The fraction of sp³-hybridized carbons (Fsp3) is 0.684. The standard InChI is InChI=1S/C19H31N5S/c1-5-20-18(21-12-17-22-16(14-25-17)19(2,3)4)24-11-8-15(13-24)23-9-6-7-10-23/h6-7,14-15H,5,8-13H2,1-4H3,(H,20,21). The first kappa shape index (κ1) is 18.4. The molecule has 0 radical (unpaired) electrons. The van der Waals surface area contributed by atoms with E-state index in [0.29, 0.717) is 12.6 Å². The molecule has 5 nitrogen and oxygen atoms in total. The van der Waals surface area contributed by atoms with E-state index in [-0.39, 0.29) is 5.41 Å². The first-order valence-corrected chi connectivity index (χ1v) is 10.2. The molecule has 1 unspecified atom stereocenters. The molecule has 2 aliphatic heterocycles. The van der Waals surface area contributed by atoms with E-state index in [4.69, 9.17) is 9.98 Å². The van der Waals surface area contributed by atoms with Crippen LogP contribution in [0.25, 0.3) is 0 Å². The fourth-order valence-electron chi connectivity index (χ4n) is 3.32. The largest absolute Gasteiger partial charge is 0.357 e. The number of rotatable bonds is 4. The highest BCUT2D eigenvalue weighted by atomic mass is 32.1. The van der Waals surface area contributed by atoms with Gasteiger partial charge in [0.2, 0.25) is 0 Å². The molecule has 0 aromatic carbocycles. The van der Waals surface area contributed by atoms with Gasteiger partial charge in [-0.25, -0.2) is 9.98 Å². The van der Waals surface area contributed by atoms with Crippen molar-refractivity contribution in [2.24, 2.45) is 4.99 Å². The number of hydrogen-bond donors (Lipinski definition) is 1. The van der Waals surface area contributed by atoms with Crippen LogP contribution in [-0.4, -0.2) is 59.5 Å². The maximum Gasteiger partial charge on any atom is 0.194 e. The Kier molecular flexibility index (Phi) is 5.79. The quantitative estimate of drug-likeness (QED) is 0.509. The predicted molar refractivity (Wildman–Crippen MR) is 106 cm³/mol. The van der Waals surface area contributed by atoms with Gasteiger partial charge in [0.05, 0.1) is 12.2 Å². The van der Waals surface area contributed by atoms with E-state index in [1.165, 1.54) is 6.42 Å². The highest BCUT2D eigenvalue weighted by Gasteiger charge is 2.29. The Morgan fingerprint density at radius 2 is 2.12 bits per heavy atom. The van der Waals surface area contributed by atoms with Crippen molar-refractivity contribution in [3.8, 4) is 0 Å². The molecule has 0 saturated carbocycles. The van der Waals surface area contributed by atoms with Crippen LogP contribution in [-0.2, 0) is 12.0 Å². The van der Waals surface area contributed by atoms with E-state index in [1.807, 2.05) is 0 Å². The number of nitrogens with zero attached hydrogens (tertiary/aromatic N) is 4. The van der Waals surface area contributed by atoms with Crippen LogP contribution in [0.2, 0.25) is 0 Å². The number of guanidine groups is 1. The lowest BCUT2D eigenvalue weighted by atomic mass is 9.93. The Morgan fingerprint density at radius 1 is 1.36 bits per heavy atom. The second-order valence-corrected chi connectivity index (χ2v) is 8.80. The van der Waals surface area contributed by atoms with Crippen molar-refractivity contribution in [1.82, 2.24) is 20.1 Å². The average molecular weight is 362 g/mol. The molecule has 0 spiro atoms. The number of nitrogens with one attached hydrogen (secondary N) is 1.